The van der Waals surface area contributed by atoms with Gasteiger partial charge in [0, 0.05) is 48.9 Å². The van der Waals surface area contributed by atoms with Gasteiger partial charge in [0.15, 0.2) is 0 Å². The van der Waals surface area contributed by atoms with Crippen molar-refractivity contribution in [2.45, 2.75) is 33.2 Å². The lowest BCUT2D eigenvalue weighted by molar-refractivity contribution is 0.0996. The fourth-order valence-electron chi connectivity index (χ4n) is 4.85. The van der Waals surface area contributed by atoms with Crippen molar-refractivity contribution in [1.29, 1.82) is 0 Å². The number of amides is 4. The van der Waals surface area contributed by atoms with E-state index in [1.54, 1.807) is 31.3 Å². The molecule has 1 aliphatic rings. The number of aromatic nitrogens is 3. The molecule has 5 N–H and O–H groups in total. The van der Waals surface area contributed by atoms with Crippen LogP contribution in [-0.2, 0) is 6.54 Å². The first-order chi connectivity index (χ1) is 16.2. The lowest BCUT2D eigenvalue weighted by Crippen LogP contribution is -2.43. The number of rotatable bonds is 5. The molecule has 3 aromatic rings. The predicted octanol–water partition coefficient (Wildman–Crippen LogP) is 1.96. The van der Waals surface area contributed by atoms with Crippen molar-refractivity contribution in [1.82, 2.24) is 25.0 Å². The van der Waals surface area contributed by atoms with Crippen molar-refractivity contribution in [2.75, 3.05) is 20.1 Å². The van der Waals surface area contributed by atoms with Gasteiger partial charge in [0.2, 0.25) is 5.91 Å². The number of hydrogen-bond acceptors (Lipinski definition) is 5. The molecule has 0 unspecified atom stereocenters. The van der Waals surface area contributed by atoms with Crippen molar-refractivity contribution in [3.63, 3.8) is 0 Å². The van der Waals surface area contributed by atoms with Gasteiger partial charge in [-0.25, -0.2) is 9.78 Å². The third-order valence-electron chi connectivity index (χ3n) is 6.55. The number of aryl methyl sites for hydroxylation is 1. The van der Waals surface area contributed by atoms with Crippen molar-refractivity contribution in [2.24, 2.45) is 17.4 Å². The summed E-state index contributed by atoms with van der Waals surface area (Å²) >= 11 is 0. The van der Waals surface area contributed by atoms with Crippen LogP contribution < -0.4 is 16.8 Å². The first-order valence-electron chi connectivity index (χ1n) is 11.3. The molecule has 1 aromatic carbocycles. The monoisotopic (exact) mass is 463 g/mol. The summed E-state index contributed by atoms with van der Waals surface area (Å²) in [6.07, 6.45) is 1.72. The van der Waals surface area contributed by atoms with Crippen LogP contribution in [0.4, 0.5) is 4.79 Å². The molecule has 34 heavy (non-hydrogen) atoms. The van der Waals surface area contributed by atoms with Gasteiger partial charge in [-0.1, -0.05) is 18.2 Å². The first kappa shape index (κ1) is 23.2. The Morgan fingerprint density at radius 1 is 1.06 bits per heavy atom. The maximum absolute atomic E-state index is 12.6. The molecule has 0 radical (unpaired) electrons. The smallest absolute Gasteiger partial charge is 0.317 e. The molecule has 0 bridgehead atoms. The van der Waals surface area contributed by atoms with Crippen LogP contribution in [0.5, 0.6) is 0 Å². The van der Waals surface area contributed by atoms with E-state index in [9.17, 15) is 14.4 Å². The summed E-state index contributed by atoms with van der Waals surface area (Å²) in [7, 11) is 1.63. The summed E-state index contributed by atoms with van der Waals surface area (Å²) in [6.45, 7) is 5.76. The fourth-order valence-corrected chi connectivity index (χ4v) is 4.85. The molecule has 4 rings (SSSR count). The van der Waals surface area contributed by atoms with Gasteiger partial charge in [-0.15, -0.1) is 0 Å². The highest BCUT2D eigenvalue weighted by atomic mass is 16.2. The van der Waals surface area contributed by atoms with Crippen molar-refractivity contribution in [3.05, 3.63) is 46.9 Å². The van der Waals surface area contributed by atoms with E-state index in [0.29, 0.717) is 53.3 Å². The zero-order valence-electron chi connectivity index (χ0n) is 19.6. The number of primary amides is 2. The van der Waals surface area contributed by atoms with Gasteiger partial charge in [0.25, 0.3) is 5.91 Å². The summed E-state index contributed by atoms with van der Waals surface area (Å²) in [4.78, 5) is 43.2. The van der Waals surface area contributed by atoms with E-state index >= 15 is 0 Å². The number of nitrogens with one attached hydrogen (secondary N) is 1. The number of nitrogens with two attached hydrogens (primary N) is 2. The molecule has 10 heteroatoms. The van der Waals surface area contributed by atoms with Crippen LogP contribution >= 0.6 is 0 Å². The molecular weight excluding hydrogens is 434 g/mol. The Morgan fingerprint density at radius 3 is 2.35 bits per heavy atom. The molecule has 178 valence electrons. The number of para-hydroxylation sites is 1. The molecule has 0 aliphatic carbocycles. The number of benzene rings is 1. The van der Waals surface area contributed by atoms with E-state index in [2.05, 4.69) is 10.3 Å². The number of hydrogen-bond donors (Lipinski definition) is 3. The molecule has 3 heterocycles. The largest absolute Gasteiger partial charge is 0.366 e. The Morgan fingerprint density at radius 2 is 1.74 bits per heavy atom. The molecule has 0 saturated carbocycles. The Labute approximate surface area is 197 Å². The highest BCUT2D eigenvalue weighted by Crippen LogP contribution is 2.36. The molecule has 0 spiro atoms. The van der Waals surface area contributed by atoms with E-state index < -0.39 is 11.8 Å². The molecule has 0 atom stereocenters. The van der Waals surface area contributed by atoms with Gasteiger partial charge in [-0.3, -0.25) is 14.3 Å². The summed E-state index contributed by atoms with van der Waals surface area (Å²) < 4.78 is 1.90. The minimum atomic E-state index is -0.739. The second kappa shape index (κ2) is 9.12. The molecule has 2 aromatic heterocycles. The van der Waals surface area contributed by atoms with E-state index in [1.807, 2.05) is 23.4 Å². The van der Waals surface area contributed by atoms with Gasteiger partial charge >= 0.3 is 6.03 Å². The number of fused-ring (bicyclic) bond motifs is 1. The summed E-state index contributed by atoms with van der Waals surface area (Å²) in [6, 6.07) is 6.97. The predicted molar refractivity (Wildman–Crippen MR) is 128 cm³/mol. The standard InChI is InChI=1S/C24H29N7O3/c1-13-18(14(2)31(29-13)12-15-8-10-30(11-9-15)24(34)27-3)20-19(22(25)32)16-6-4-5-7-17(16)28-21(20)23(26)33/h4-7,15H,8-12H2,1-3H3,(H2,25,32)(H2,26,33)(H,27,34). The van der Waals surface area contributed by atoms with Crippen molar-refractivity contribution >= 4 is 28.7 Å². The zero-order valence-corrected chi connectivity index (χ0v) is 19.6. The fraction of sp³-hybridized carbons (Fsp3) is 0.375. The molecule has 10 nitrogen and oxygen atoms in total. The third-order valence-corrected chi connectivity index (χ3v) is 6.55. The molecule has 1 fully saturated rings. The highest BCUT2D eigenvalue weighted by molar-refractivity contribution is 6.15. The zero-order chi connectivity index (χ0) is 24.6. The quantitative estimate of drug-likeness (QED) is 0.529. The van der Waals surface area contributed by atoms with Gasteiger partial charge in [0.05, 0.1) is 16.8 Å². The molecule has 1 aliphatic heterocycles. The van der Waals surface area contributed by atoms with Crippen LogP contribution in [0.1, 0.15) is 45.1 Å². The number of pyridine rings is 1. The maximum Gasteiger partial charge on any atom is 0.317 e. The third kappa shape index (κ3) is 4.07. The minimum Gasteiger partial charge on any atom is -0.366 e. The van der Waals surface area contributed by atoms with Crippen LogP contribution in [0.25, 0.3) is 22.0 Å². The Bertz CT molecular complexity index is 1290. The highest BCUT2D eigenvalue weighted by Gasteiger charge is 2.29. The Kier molecular flexibility index (Phi) is 6.23. The number of carbonyl (C=O) groups excluding carboxylic acids is 3. The molecule has 4 amide bonds. The lowest BCUT2D eigenvalue weighted by atomic mass is 9.92. The number of likely N-dealkylation sites (tertiary alicyclic amines) is 1. The topological polar surface area (TPSA) is 149 Å². The SMILES string of the molecule is CNC(=O)N1CCC(Cn2nc(C)c(-c3c(C(N)=O)nc4ccccc4c3C(N)=O)c2C)CC1. The van der Waals surface area contributed by atoms with Gasteiger partial charge < -0.3 is 21.7 Å². The normalized spacial score (nSPS) is 14.4. The number of carbonyl (C=O) groups is 3. The second-order valence-electron chi connectivity index (χ2n) is 8.67. The lowest BCUT2D eigenvalue weighted by Gasteiger charge is -2.31. The van der Waals surface area contributed by atoms with Crippen LogP contribution in [0.3, 0.4) is 0 Å². The van der Waals surface area contributed by atoms with Crippen LogP contribution in [-0.4, -0.2) is 57.6 Å². The summed E-state index contributed by atoms with van der Waals surface area (Å²) in [5.74, 6) is -1.06. The van der Waals surface area contributed by atoms with Crippen LogP contribution in [0, 0.1) is 19.8 Å². The van der Waals surface area contributed by atoms with Crippen LogP contribution in [0.2, 0.25) is 0 Å². The minimum absolute atomic E-state index is 0.00265. The Hall–Kier alpha value is -3.95. The summed E-state index contributed by atoms with van der Waals surface area (Å²) in [5, 5.41) is 7.95. The molecular formula is C24H29N7O3. The average molecular weight is 464 g/mol. The molecule has 1 saturated heterocycles. The number of nitrogens with zero attached hydrogens (tertiary/aromatic N) is 4. The van der Waals surface area contributed by atoms with E-state index in [1.165, 1.54) is 0 Å². The van der Waals surface area contributed by atoms with Crippen molar-refractivity contribution in [3.8, 4) is 11.1 Å². The van der Waals surface area contributed by atoms with E-state index in [-0.39, 0.29) is 17.3 Å². The maximum atomic E-state index is 12.6. The van der Waals surface area contributed by atoms with E-state index in [4.69, 9.17) is 16.6 Å². The first-order valence-corrected chi connectivity index (χ1v) is 11.3. The number of piperidine rings is 1. The van der Waals surface area contributed by atoms with Gasteiger partial charge in [-0.2, -0.15) is 5.10 Å². The van der Waals surface area contributed by atoms with Gasteiger partial charge in [-0.05, 0) is 38.7 Å². The van der Waals surface area contributed by atoms with Crippen LogP contribution in [0.15, 0.2) is 24.3 Å². The Balaban J connectivity index is 1.77. The van der Waals surface area contributed by atoms with Gasteiger partial charge in [0.1, 0.15) is 5.69 Å². The van der Waals surface area contributed by atoms with Crippen molar-refractivity contribution < 1.29 is 14.4 Å². The summed E-state index contributed by atoms with van der Waals surface area (Å²) in [5.41, 5.74) is 14.6. The second-order valence-corrected chi connectivity index (χ2v) is 8.67. The number of urea groups is 1. The average Bonchev–Trinajstić information content (AvgIpc) is 3.09. The van der Waals surface area contributed by atoms with E-state index in [0.717, 1.165) is 18.5 Å².